The molecular weight excluding hydrogens is 216 g/mol. The lowest BCUT2D eigenvalue weighted by Crippen LogP contribution is -2.23. The summed E-state index contributed by atoms with van der Waals surface area (Å²) in [5.74, 6) is -0.0923. The second-order valence-electron chi connectivity index (χ2n) is 2.83. The number of nitrogens with zero attached hydrogens (tertiary/aromatic N) is 1. The minimum Gasteiger partial charge on any atom is -0.453 e. The van der Waals surface area contributed by atoms with Gasteiger partial charge in [-0.2, -0.15) is 0 Å². The molecule has 0 aliphatic rings. The van der Waals surface area contributed by atoms with Crippen molar-refractivity contribution in [3.05, 3.63) is 11.4 Å². The third-order valence-corrected chi connectivity index (χ3v) is 2.83. The zero-order valence-electron chi connectivity index (χ0n) is 8.73. The number of hydrogen-bond donors (Lipinski definition) is 1. The van der Waals surface area contributed by atoms with Gasteiger partial charge in [0.2, 0.25) is 5.91 Å². The van der Waals surface area contributed by atoms with Crippen molar-refractivity contribution in [1.29, 1.82) is 0 Å². The number of ether oxygens (including phenoxy) is 1. The molecule has 1 heterocycles. The number of carbonyl (C=O) groups is 2. The summed E-state index contributed by atoms with van der Waals surface area (Å²) < 4.78 is 4.47. The van der Waals surface area contributed by atoms with Crippen LogP contribution in [-0.2, 0) is 9.53 Å². The van der Waals surface area contributed by atoms with Gasteiger partial charge >= 0.3 is 6.09 Å². The summed E-state index contributed by atoms with van der Waals surface area (Å²) in [6, 6.07) is 1.72. The number of anilines is 2. The Morgan fingerprint density at radius 1 is 1.53 bits per heavy atom. The molecule has 6 heteroatoms. The Bertz CT molecular complexity index is 375. The second-order valence-corrected chi connectivity index (χ2v) is 3.73. The Labute approximate surface area is 91.6 Å². The van der Waals surface area contributed by atoms with Gasteiger partial charge in [-0.15, -0.1) is 11.3 Å². The van der Waals surface area contributed by atoms with Crippen LogP contribution >= 0.6 is 11.3 Å². The Morgan fingerprint density at radius 2 is 2.20 bits per heavy atom. The third-order valence-electron chi connectivity index (χ3n) is 1.84. The smallest absolute Gasteiger partial charge is 0.411 e. The van der Waals surface area contributed by atoms with Crippen LogP contribution in [0.3, 0.4) is 0 Å². The molecule has 0 saturated heterocycles. The van der Waals surface area contributed by atoms with E-state index in [2.05, 4.69) is 10.1 Å². The van der Waals surface area contributed by atoms with Crippen LogP contribution in [0.15, 0.2) is 11.4 Å². The normalized spacial score (nSPS) is 9.53. The fraction of sp³-hybridized carbons (Fsp3) is 0.333. The molecule has 0 radical (unpaired) electrons. The maximum absolute atomic E-state index is 11.1. The molecule has 0 aliphatic heterocycles. The standard InChI is InChI=1S/C9H12N2O3S/c1-6(12)11(2)8-7(4-5-15-8)10-9(13)14-3/h4-5H,1-3H3,(H,10,13). The average Bonchev–Trinajstić information content (AvgIpc) is 2.64. The molecule has 0 aromatic carbocycles. The summed E-state index contributed by atoms with van der Waals surface area (Å²) in [5, 5.41) is 5.01. The molecule has 0 spiro atoms. The maximum atomic E-state index is 11.1. The number of carbonyl (C=O) groups excluding carboxylic acids is 2. The molecule has 2 amide bonds. The fourth-order valence-electron chi connectivity index (χ4n) is 0.960. The van der Waals surface area contributed by atoms with Crippen LogP contribution in [0.4, 0.5) is 15.5 Å². The molecule has 1 aromatic rings. The first-order valence-corrected chi connectivity index (χ1v) is 5.11. The monoisotopic (exact) mass is 228 g/mol. The number of rotatable bonds is 2. The predicted octanol–water partition coefficient (Wildman–Crippen LogP) is 1.91. The first-order chi connectivity index (χ1) is 7.06. The predicted molar refractivity (Wildman–Crippen MR) is 59.4 cm³/mol. The van der Waals surface area contributed by atoms with Gasteiger partial charge in [-0.3, -0.25) is 10.1 Å². The molecule has 0 atom stereocenters. The molecular formula is C9H12N2O3S. The summed E-state index contributed by atoms with van der Waals surface area (Å²) >= 11 is 1.37. The average molecular weight is 228 g/mol. The number of thiophene rings is 1. The Morgan fingerprint density at radius 3 is 2.73 bits per heavy atom. The van der Waals surface area contributed by atoms with E-state index >= 15 is 0 Å². The van der Waals surface area contributed by atoms with Crippen molar-refractivity contribution in [2.45, 2.75) is 6.92 Å². The van der Waals surface area contributed by atoms with E-state index in [-0.39, 0.29) is 5.91 Å². The highest BCUT2D eigenvalue weighted by Gasteiger charge is 2.14. The van der Waals surface area contributed by atoms with E-state index in [1.165, 1.54) is 30.3 Å². The maximum Gasteiger partial charge on any atom is 0.411 e. The quantitative estimate of drug-likeness (QED) is 0.841. The van der Waals surface area contributed by atoms with Gasteiger partial charge in [0.25, 0.3) is 0 Å². The lowest BCUT2D eigenvalue weighted by molar-refractivity contribution is -0.116. The zero-order valence-corrected chi connectivity index (χ0v) is 9.55. The van der Waals surface area contributed by atoms with Crippen LogP contribution in [0, 0.1) is 0 Å². The summed E-state index contributed by atoms with van der Waals surface area (Å²) in [6.07, 6.45) is -0.549. The number of hydrogen-bond acceptors (Lipinski definition) is 4. The van der Waals surface area contributed by atoms with Gasteiger partial charge in [0.15, 0.2) is 0 Å². The number of amides is 2. The minimum absolute atomic E-state index is 0.0923. The van der Waals surface area contributed by atoms with Crippen molar-refractivity contribution in [2.24, 2.45) is 0 Å². The van der Waals surface area contributed by atoms with Gasteiger partial charge in [-0.1, -0.05) is 0 Å². The van der Waals surface area contributed by atoms with E-state index in [0.717, 1.165) is 0 Å². The molecule has 0 fully saturated rings. The highest BCUT2D eigenvalue weighted by Crippen LogP contribution is 2.31. The first-order valence-electron chi connectivity index (χ1n) is 4.23. The van der Waals surface area contributed by atoms with Crippen LogP contribution in [0.5, 0.6) is 0 Å². The van der Waals surface area contributed by atoms with Crippen molar-refractivity contribution in [3.8, 4) is 0 Å². The molecule has 0 bridgehead atoms. The van der Waals surface area contributed by atoms with Crippen molar-refractivity contribution < 1.29 is 14.3 Å². The van der Waals surface area contributed by atoms with Gasteiger partial charge in [-0.05, 0) is 11.4 Å². The minimum atomic E-state index is -0.549. The van der Waals surface area contributed by atoms with Gasteiger partial charge < -0.3 is 9.64 Å². The highest BCUT2D eigenvalue weighted by molar-refractivity contribution is 7.15. The van der Waals surface area contributed by atoms with Crippen molar-refractivity contribution in [1.82, 2.24) is 0 Å². The van der Waals surface area contributed by atoms with E-state index in [4.69, 9.17) is 0 Å². The summed E-state index contributed by atoms with van der Waals surface area (Å²) in [7, 11) is 2.94. The lowest BCUT2D eigenvalue weighted by Gasteiger charge is -2.14. The number of methoxy groups -OCH3 is 1. The van der Waals surface area contributed by atoms with Gasteiger partial charge in [0.05, 0.1) is 12.8 Å². The molecule has 0 saturated carbocycles. The summed E-state index contributed by atoms with van der Waals surface area (Å²) in [6.45, 7) is 1.46. The molecule has 0 unspecified atom stereocenters. The van der Waals surface area contributed by atoms with E-state index in [1.807, 2.05) is 0 Å². The van der Waals surface area contributed by atoms with Gasteiger partial charge in [-0.25, -0.2) is 4.79 Å². The van der Waals surface area contributed by atoms with Crippen molar-refractivity contribution >= 4 is 34.0 Å². The third kappa shape index (κ3) is 2.69. The van der Waals surface area contributed by atoms with Crippen LogP contribution < -0.4 is 10.2 Å². The molecule has 15 heavy (non-hydrogen) atoms. The SMILES string of the molecule is COC(=O)Nc1ccsc1N(C)C(C)=O. The van der Waals surface area contributed by atoms with Crippen LogP contribution in [-0.4, -0.2) is 26.2 Å². The van der Waals surface area contributed by atoms with Crippen LogP contribution in [0.2, 0.25) is 0 Å². The van der Waals surface area contributed by atoms with E-state index < -0.39 is 6.09 Å². The molecule has 0 aliphatic carbocycles. The Kier molecular flexibility index (Phi) is 3.68. The van der Waals surface area contributed by atoms with E-state index in [0.29, 0.717) is 10.7 Å². The Balaban J connectivity index is 2.86. The summed E-state index contributed by atoms with van der Waals surface area (Å²) in [4.78, 5) is 23.6. The summed E-state index contributed by atoms with van der Waals surface area (Å²) in [5.41, 5.74) is 0.574. The van der Waals surface area contributed by atoms with Crippen LogP contribution in [0.1, 0.15) is 6.92 Å². The first kappa shape index (κ1) is 11.5. The number of nitrogens with one attached hydrogen (secondary N) is 1. The fourth-order valence-corrected chi connectivity index (χ4v) is 1.83. The molecule has 5 nitrogen and oxygen atoms in total. The zero-order chi connectivity index (χ0) is 11.4. The molecule has 1 N–H and O–H groups in total. The van der Waals surface area contributed by atoms with Crippen molar-refractivity contribution in [2.75, 3.05) is 24.4 Å². The molecule has 1 aromatic heterocycles. The second kappa shape index (κ2) is 4.79. The molecule has 82 valence electrons. The topological polar surface area (TPSA) is 58.6 Å². The highest BCUT2D eigenvalue weighted by atomic mass is 32.1. The lowest BCUT2D eigenvalue weighted by atomic mass is 10.4. The van der Waals surface area contributed by atoms with Crippen LogP contribution in [0.25, 0.3) is 0 Å². The van der Waals surface area contributed by atoms with Gasteiger partial charge in [0, 0.05) is 14.0 Å². The Hall–Kier alpha value is -1.56. The molecule has 1 rings (SSSR count). The van der Waals surface area contributed by atoms with E-state index in [1.54, 1.807) is 18.5 Å². The van der Waals surface area contributed by atoms with E-state index in [9.17, 15) is 9.59 Å². The van der Waals surface area contributed by atoms with Gasteiger partial charge in [0.1, 0.15) is 5.00 Å². The van der Waals surface area contributed by atoms with Crippen molar-refractivity contribution in [3.63, 3.8) is 0 Å². The largest absolute Gasteiger partial charge is 0.453 e.